The molecule has 20 heavy (non-hydrogen) atoms. The summed E-state index contributed by atoms with van der Waals surface area (Å²) < 4.78 is 4.96. The second kappa shape index (κ2) is 7.67. The third-order valence-corrected chi connectivity index (χ3v) is 3.21. The zero-order valence-corrected chi connectivity index (χ0v) is 11.8. The quantitative estimate of drug-likeness (QED) is 0.340. The molecule has 1 aliphatic carbocycles. The van der Waals surface area contributed by atoms with Gasteiger partial charge >= 0.3 is 17.9 Å². The van der Waals surface area contributed by atoms with E-state index in [2.05, 4.69) is 16.4 Å². The molecule has 1 rings (SSSR count). The van der Waals surface area contributed by atoms with Crippen LogP contribution in [0.1, 0.15) is 39.5 Å². The molecule has 0 aliphatic heterocycles. The van der Waals surface area contributed by atoms with Gasteiger partial charge in [0.15, 0.2) is 0 Å². The van der Waals surface area contributed by atoms with Crippen LogP contribution < -0.4 is 0 Å². The Balaban J connectivity index is 2.60. The number of hydrogen-bond acceptors (Lipinski definition) is 6. The van der Waals surface area contributed by atoms with E-state index in [9.17, 15) is 14.4 Å². The van der Waals surface area contributed by atoms with Crippen LogP contribution in [-0.2, 0) is 28.9 Å². The van der Waals surface area contributed by atoms with Gasteiger partial charge in [0.25, 0.3) is 0 Å². The molecule has 0 aromatic heterocycles. The Morgan fingerprint density at radius 3 is 2.10 bits per heavy atom. The van der Waals surface area contributed by atoms with Gasteiger partial charge < -0.3 is 4.74 Å². The third kappa shape index (κ3) is 4.36. The van der Waals surface area contributed by atoms with Gasteiger partial charge in [-0.25, -0.2) is 19.4 Å². The summed E-state index contributed by atoms with van der Waals surface area (Å²) in [5.74, 6) is -3.07. The predicted molar refractivity (Wildman–Crippen MR) is 69.1 cm³/mol. The monoisotopic (exact) mass is 284 g/mol. The summed E-state index contributed by atoms with van der Waals surface area (Å²) in [6.45, 7) is 6.79. The van der Waals surface area contributed by atoms with Crippen molar-refractivity contribution in [2.45, 2.75) is 39.5 Å². The zero-order chi connectivity index (χ0) is 15.1. The molecule has 2 unspecified atom stereocenters. The Morgan fingerprint density at radius 1 is 1.05 bits per heavy atom. The van der Waals surface area contributed by atoms with E-state index in [0.717, 1.165) is 12.8 Å². The highest BCUT2D eigenvalue weighted by Crippen LogP contribution is 2.32. The average Bonchev–Trinajstić information content (AvgIpc) is 2.44. The van der Waals surface area contributed by atoms with Crippen LogP contribution in [0.4, 0.5) is 0 Å². The molecule has 6 heteroatoms. The maximum atomic E-state index is 11.9. The van der Waals surface area contributed by atoms with Gasteiger partial charge in [-0.3, -0.25) is 4.79 Å². The van der Waals surface area contributed by atoms with Crippen LogP contribution in [-0.4, -0.2) is 24.5 Å². The molecule has 112 valence electrons. The lowest BCUT2D eigenvalue weighted by Gasteiger charge is -2.27. The van der Waals surface area contributed by atoms with Gasteiger partial charge in [-0.1, -0.05) is 19.4 Å². The van der Waals surface area contributed by atoms with Crippen LogP contribution in [0.5, 0.6) is 0 Å². The standard InChI is InChI=1S/C14H20O6/c1-4-18-13(16)10-7-5-6-8-11(10)14(17)20-19-12(15)9(2)3/h10-11H,2,4-8H2,1,3H3. The molecular formula is C14H20O6. The summed E-state index contributed by atoms with van der Waals surface area (Å²) in [6, 6.07) is 0. The lowest BCUT2D eigenvalue weighted by Crippen LogP contribution is -2.35. The van der Waals surface area contributed by atoms with Crippen molar-refractivity contribution in [3.63, 3.8) is 0 Å². The molecular weight excluding hydrogens is 264 g/mol. The lowest BCUT2D eigenvalue weighted by atomic mass is 9.79. The minimum Gasteiger partial charge on any atom is -0.466 e. The summed E-state index contributed by atoms with van der Waals surface area (Å²) in [6.07, 6.45) is 2.78. The van der Waals surface area contributed by atoms with Crippen molar-refractivity contribution in [1.82, 2.24) is 0 Å². The first kappa shape index (κ1) is 16.2. The Labute approximate surface area is 118 Å². The van der Waals surface area contributed by atoms with E-state index >= 15 is 0 Å². The van der Waals surface area contributed by atoms with Gasteiger partial charge in [0.1, 0.15) is 0 Å². The summed E-state index contributed by atoms with van der Waals surface area (Å²) >= 11 is 0. The zero-order valence-electron chi connectivity index (χ0n) is 11.8. The Hall–Kier alpha value is -1.85. The average molecular weight is 284 g/mol. The second-order valence-corrected chi connectivity index (χ2v) is 4.80. The molecule has 1 aliphatic rings. The number of esters is 1. The number of rotatable bonds is 4. The van der Waals surface area contributed by atoms with Gasteiger partial charge in [0.05, 0.1) is 18.4 Å². The van der Waals surface area contributed by atoms with Crippen molar-refractivity contribution in [3.05, 3.63) is 12.2 Å². The second-order valence-electron chi connectivity index (χ2n) is 4.80. The summed E-state index contributed by atoms with van der Waals surface area (Å²) in [4.78, 5) is 43.7. The fourth-order valence-corrected chi connectivity index (χ4v) is 2.16. The summed E-state index contributed by atoms with van der Waals surface area (Å²) in [7, 11) is 0. The van der Waals surface area contributed by atoms with Crippen molar-refractivity contribution in [3.8, 4) is 0 Å². The van der Waals surface area contributed by atoms with E-state index in [-0.39, 0.29) is 12.2 Å². The highest BCUT2D eigenvalue weighted by molar-refractivity contribution is 5.87. The summed E-state index contributed by atoms with van der Waals surface area (Å²) in [5.41, 5.74) is 0.128. The van der Waals surface area contributed by atoms with Gasteiger partial charge in [0.2, 0.25) is 0 Å². The third-order valence-electron chi connectivity index (χ3n) is 3.21. The molecule has 2 atom stereocenters. The molecule has 0 aromatic carbocycles. The normalized spacial score (nSPS) is 21.7. The summed E-state index contributed by atoms with van der Waals surface area (Å²) in [5, 5.41) is 0. The molecule has 0 saturated heterocycles. The van der Waals surface area contributed by atoms with E-state index in [1.165, 1.54) is 6.92 Å². The SMILES string of the molecule is C=C(C)C(=O)OOC(=O)C1CCCCC1C(=O)OCC. The Kier molecular flexibility index (Phi) is 6.21. The molecule has 0 heterocycles. The van der Waals surface area contributed by atoms with Gasteiger partial charge in [-0.2, -0.15) is 0 Å². The van der Waals surface area contributed by atoms with Crippen molar-refractivity contribution in [2.24, 2.45) is 11.8 Å². The topological polar surface area (TPSA) is 78.9 Å². The van der Waals surface area contributed by atoms with Gasteiger partial charge in [-0.15, -0.1) is 0 Å². The minimum atomic E-state index is -0.804. The van der Waals surface area contributed by atoms with Crippen LogP contribution in [0.2, 0.25) is 0 Å². The number of carbonyl (C=O) groups is 3. The molecule has 1 saturated carbocycles. The molecule has 6 nitrogen and oxygen atoms in total. The van der Waals surface area contributed by atoms with E-state index in [4.69, 9.17) is 4.74 Å². The number of ether oxygens (including phenoxy) is 1. The largest absolute Gasteiger partial charge is 0.466 e. The van der Waals surface area contributed by atoms with Gasteiger partial charge in [0, 0.05) is 5.57 Å². The molecule has 0 N–H and O–H groups in total. The molecule has 0 radical (unpaired) electrons. The first-order valence-corrected chi connectivity index (χ1v) is 6.72. The number of carbonyl (C=O) groups excluding carboxylic acids is 3. The molecule has 1 fully saturated rings. The van der Waals surface area contributed by atoms with Crippen LogP contribution in [0.3, 0.4) is 0 Å². The molecule has 0 aromatic rings. The van der Waals surface area contributed by atoms with Crippen LogP contribution in [0.15, 0.2) is 12.2 Å². The smallest absolute Gasteiger partial charge is 0.381 e. The van der Waals surface area contributed by atoms with Crippen LogP contribution in [0.25, 0.3) is 0 Å². The maximum absolute atomic E-state index is 11.9. The first-order valence-electron chi connectivity index (χ1n) is 6.72. The van der Waals surface area contributed by atoms with Crippen molar-refractivity contribution in [2.75, 3.05) is 6.61 Å². The van der Waals surface area contributed by atoms with E-state index in [1.54, 1.807) is 6.92 Å². The van der Waals surface area contributed by atoms with Gasteiger partial charge in [-0.05, 0) is 26.7 Å². The fourth-order valence-electron chi connectivity index (χ4n) is 2.16. The highest BCUT2D eigenvalue weighted by atomic mass is 17.2. The minimum absolute atomic E-state index is 0.128. The molecule has 0 spiro atoms. The number of hydrogen-bond donors (Lipinski definition) is 0. The fraction of sp³-hybridized carbons (Fsp3) is 0.643. The van der Waals surface area contributed by atoms with Crippen molar-refractivity contribution >= 4 is 17.9 Å². The molecule has 0 amide bonds. The van der Waals surface area contributed by atoms with E-state index in [1.807, 2.05) is 0 Å². The Bertz CT molecular complexity index is 400. The maximum Gasteiger partial charge on any atom is 0.381 e. The lowest BCUT2D eigenvalue weighted by molar-refractivity contribution is -0.260. The van der Waals surface area contributed by atoms with Crippen LogP contribution in [0, 0.1) is 11.8 Å². The first-order chi connectivity index (χ1) is 9.47. The molecule has 0 bridgehead atoms. The van der Waals surface area contributed by atoms with E-state index < -0.39 is 29.7 Å². The van der Waals surface area contributed by atoms with E-state index in [0.29, 0.717) is 12.8 Å². The van der Waals surface area contributed by atoms with Crippen molar-refractivity contribution in [1.29, 1.82) is 0 Å². The van der Waals surface area contributed by atoms with Crippen LogP contribution >= 0.6 is 0 Å². The highest BCUT2D eigenvalue weighted by Gasteiger charge is 2.38. The Morgan fingerprint density at radius 2 is 1.60 bits per heavy atom. The predicted octanol–water partition coefficient (Wildman–Crippen LogP) is 1.93. The van der Waals surface area contributed by atoms with Crippen molar-refractivity contribution < 1.29 is 28.9 Å².